The molecule has 0 aliphatic carbocycles. The van der Waals surface area contributed by atoms with E-state index in [1.54, 1.807) is 73.8 Å². The van der Waals surface area contributed by atoms with Crippen LogP contribution in [-0.2, 0) is 16.0 Å². The van der Waals surface area contributed by atoms with Gasteiger partial charge in [-0.15, -0.1) is 0 Å². The summed E-state index contributed by atoms with van der Waals surface area (Å²) in [6.45, 7) is 0.601. The molecule has 0 aromatic heterocycles. The highest BCUT2D eigenvalue weighted by Crippen LogP contribution is 2.28. The Hall–Kier alpha value is -3.80. The van der Waals surface area contributed by atoms with Crippen LogP contribution in [0.3, 0.4) is 0 Å². The number of ether oxygens (including phenoxy) is 3. The van der Waals surface area contributed by atoms with Crippen LogP contribution in [0.2, 0.25) is 0 Å². The van der Waals surface area contributed by atoms with Gasteiger partial charge < -0.3 is 19.5 Å². The summed E-state index contributed by atoms with van der Waals surface area (Å²) < 4.78 is 16.3. The monoisotopic (exact) mass is 403 g/mol. The van der Waals surface area contributed by atoms with E-state index in [9.17, 15) is 9.59 Å². The van der Waals surface area contributed by atoms with Gasteiger partial charge in [0, 0.05) is 23.7 Å². The van der Waals surface area contributed by atoms with Crippen LogP contribution in [0.25, 0.3) is 0 Å². The van der Waals surface area contributed by atoms with E-state index in [1.165, 1.54) is 0 Å². The van der Waals surface area contributed by atoms with E-state index < -0.39 is 18.0 Å². The first kappa shape index (κ1) is 19.5. The molecule has 1 aliphatic heterocycles. The number of hydrogen-bond donors (Lipinski definition) is 1. The van der Waals surface area contributed by atoms with Crippen LogP contribution in [-0.4, -0.2) is 25.6 Å². The number of rotatable bonds is 6. The lowest BCUT2D eigenvalue weighted by Crippen LogP contribution is -2.26. The van der Waals surface area contributed by atoms with Crippen LogP contribution in [0.15, 0.2) is 72.8 Å². The fourth-order valence-corrected chi connectivity index (χ4v) is 3.30. The van der Waals surface area contributed by atoms with Gasteiger partial charge in [-0.05, 0) is 35.9 Å². The molecule has 1 amide bonds. The second-order valence-corrected chi connectivity index (χ2v) is 6.84. The molecule has 0 spiro atoms. The third-order valence-electron chi connectivity index (χ3n) is 4.83. The van der Waals surface area contributed by atoms with Crippen LogP contribution in [0, 0.1) is 0 Å². The van der Waals surface area contributed by atoms with E-state index >= 15 is 0 Å². The van der Waals surface area contributed by atoms with Gasteiger partial charge in [0.1, 0.15) is 11.5 Å². The number of benzene rings is 3. The Balaban J connectivity index is 1.56. The predicted octanol–water partition coefficient (Wildman–Crippen LogP) is 4.17. The fourth-order valence-electron chi connectivity index (χ4n) is 3.30. The molecule has 0 saturated heterocycles. The molecule has 0 bridgehead atoms. The quantitative estimate of drug-likeness (QED) is 0.626. The number of hydrogen-bond acceptors (Lipinski definition) is 5. The van der Waals surface area contributed by atoms with E-state index in [1.807, 2.05) is 6.07 Å². The second kappa shape index (κ2) is 8.69. The van der Waals surface area contributed by atoms with Crippen LogP contribution in [0.5, 0.6) is 11.5 Å². The standard InChI is InChI=1S/C24H21NO5/c1-28-20-9-5-8-19(15-20)25-23(26)22(16-6-3-2-4-7-16)30-24(27)18-10-11-21-17(14-18)12-13-29-21/h2-11,14-15,22H,12-13H2,1H3,(H,25,26). The lowest BCUT2D eigenvalue weighted by molar-refractivity contribution is -0.125. The number of methoxy groups -OCH3 is 1. The summed E-state index contributed by atoms with van der Waals surface area (Å²) in [5.41, 5.74) is 2.47. The SMILES string of the molecule is COc1cccc(NC(=O)C(OC(=O)c2ccc3c(c2)CCO3)c2ccccc2)c1. The first-order valence-corrected chi connectivity index (χ1v) is 9.60. The fraction of sp³-hybridized carbons (Fsp3) is 0.167. The van der Waals surface area contributed by atoms with Crippen LogP contribution in [0.1, 0.15) is 27.6 Å². The second-order valence-electron chi connectivity index (χ2n) is 6.84. The zero-order valence-corrected chi connectivity index (χ0v) is 16.5. The minimum absolute atomic E-state index is 0.384. The zero-order chi connectivity index (χ0) is 20.9. The molecule has 1 aliphatic rings. The highest BCUT2D eigenvalue weighted by molar-refractivity contribution is 5.98. The van der Waals surface area contributed by atoms with Crippen molar-refractivity contribution in [1.29, 1.82) is 0 Å². The number of fused-ring (bicyclic) bond motifs is 1. The number of carbonyl (C=O) groups is 2. The van der Waals surface area contributed by atoms with Gasteiger partial charge in [-0.2, -0.15) is 0 Å². The summed E-state index contributed by atoms with van der Waals surface area (Å²) >= 11 is 0. The van der Waals surface area contributed by atoms with Crippen LogP contribution < -0.4 is 14.8 Å². The topological polar surface area (TPSA) is 73.9 Å². The van der Waals surface area contributed by atoms with Gasteiger partial charge in [-0.1, -0.05) is 36.4 Å². The molecule has 1 unspecified atom stereocenters. The molecule has 1 heterocycles. The minimum Gasteiger partial charge on any atom is -0.497 e. The van der Waals surface area contributed by atoms with Crippen molar-refractivity contribution in [2.75, 3.05) is 19.0 Å². The van der Waals surface area contributed by atoms with Crippen molar-refractivity contribution in [1.82, 2.24) is 0 Å². The van der Waals surface area contributed by atoms with Crippen molar-refractivity contribution in [3.63, 3.8) is 0 Å². The van der Waals surface area contributed by atoms with Gasteiger partial charge in [-0.3, -0.25) is 4.79 Å². The minimum atomic E-state index is -1.10. The lowest BCUT2D eigenvalue weighted by atomic mass is 10.1. The van der Waals surface area contributed by atoms with Gasteiger partial charge in [0.2, 0.25) is 6.10 Å². The molecule has 0 fully saturated rings. The first-order chi connectivity index (χ1) is 14.6. The van der Waals surface area contributed by atoms with Gasteiger partial charge >= 0.3 is 5.97 Å². The molecule has 3 aromatic carbocycles. The number of anilines is 1. The molecule has 30 heavy (non-hydrogen) atoms. The Morgan fingerprint density at radius 1 is 1.00 bits per heavy atom. The first-order valence-electron chi connectivity index (χ1n) is 9.60. The van der Waals surface area contributed by atoms with Crippen LogP contribution >= 0.6 is 0 Å². The summed E-state index contributed by atoms with van der Waals surface area (Å²) in [7, 11) is 1.55. The molecule has 152 valence electrons. The number of carbonyl (C=O) groups excluding carboxylic acids is 2. The van der Waals surface area contributed by atoms with E-state index in [4.69, 9.17) is 14.2 Å². The number of nitrogens with one attached hydrogen (secondary N) is 1. The molecular formula is C24H21NO5. The summed E-state index contributed by atoms with van der Waals surface area (Å²) in [6, 6.07) is 21.1. The molecular weight excluding hydrogens is 382 g/mol. The smallest absolute Gasteiger partial charge is 0.339 e. The van der Waals surface area contributed by atoms with E-state index in [0.717, 1.165) is 17.7 Å². The Morgan fingerprint density at radius 3 is 2.63 bits per heavy atom. The highest BCUT2D eigenvalue weighted by atomic mass is 16.5. The van der Waals surface area contributed by atoms with Gasteiger partial charge in [0.15, 0.2) is 0 Å². The van der Waals surface area contributed by atoms with Crippen molar-refractivity contribution in [2.24, 2.45) is 0 Å². The van der Waals surface area contributed by atoms with E-state index in [-0.39, 0.29) is 0 Å². The van der Waals surface area contributed by atoms with Gasteiger partial charge in [-0.25, -0.2) is 4.79 Å². The average Bonchev–Trinajstić information content (AvgIpc) is 3.26. The number of esters is 1. The summed E-state index contributed by atoms with van der Waals surface area (Å²) in [5.74, 6) is 0.370. The van der Waals surface area contributed by atoms with Crippen molar-refractivity contribution >= 4 is 17.6 Å². The summed E-state index contributed by atoms with van der Waals surface area (Å²) in [5, 5.41) is 2.80. The average molecular weight is 403 g/mol. The van der Waals surface area contributed by atoms with Crippen molar-refractivity contribution in [3.8, 4) is 11.5 Å². The number of amides is 1. The van der Waals surface area contributed by atoms with Crippen molar-refractivity contribution in [2.45, 2.75) is 12.5 Å². The maximum Gasteiger partial charge on any atom is 0.339 e. The molecule has 1 atom stereocenters. The molecule has 6 heteroatoms. The highest BCUT2D eigenvalue weighted by Gasteiger charge is 2.26. The molecule has 3 aromatic rings. The van der Waals surface area contributed by atoms with Gasteiger partial charge in [0.05, 0.1) is 19.3 Å². The summed E-state index contributed by atoms with van der Waals surface area (Å²) in [4.78, 5) is 25.8. The van der Waals surface area contributed by atoms with Crippen molar-refractivity contribution in [3.05, 3.63) is 89.5 Å². The van der Waals surface area contributed by atoms with Gasteiger partial charge in [0.25, 0.3) is 5.91 Å². The van der Waals surface area contributed by atoms with E-state index in [0.29, 0.717) is 29.2 Å². The maximum absolute atomic E-state index is 13.0. The Labute approximate surface area is 174 Å². The largest absolute Gasteiger partial charge is 0.497 e. The normalized spacial score (nSPS) is 13.0. The zero-order valence-electron chi connectivity index (χ0n) is 16.5. The summed E-state index contributed by atoms with van der Waals surface area (Å²) in [6.07, 6.45) is -0.357. The molecule has 4 rings (SSSR count). The Kier molecular flexibility index (Phi) is 5.66. The van der Waals surface area contributed by atoms with Crippen LogP contribution in [0.4, 0.5) is 5.69 Å². The lowest BCUT2D eigenvalue weighted by Gasteiger charge is -2.18. The van der Waals surface area contributed by atoms with E-state index in [2.05, 4.69) is 5.32 Å². The Bertz CT molecular complexity index is 1060. The third-order valence-corrected chi connectivity index (χ3v) is 4.83. The third kappa shape index (κ3) is 4.27. The predicted molar refractivity (Wildman–Crippen MR) is 112 cm³/mol. The molecule has 0 radical (unpaired) electrons. The van der Waals surface area contributed by atoms with Crippen molar-refractivity contribution < 1.29 is 23.8 Å². The maximum atomic E-state index is 13.0. The molecule has 6 nitrogen and oxygen atoms in total. The molecule has 1 N–H and O–H groups in total. The molecule has 0 saturated carbocycles. The Morgan fingerprint density at radius 2 is 1.83 bits per heavy atom.